The number of nitrogens with zero attached hydrogens (tertiary/aromatic N) is 3. The van der Waals surface area contributed by atoms with E-state index in [4.69, 9.17) is 24.5 Å². The summed E-state index contributed by atoms with van der Waals surface area (Å²) in [6.45, 7) is 0. The van der Waals surface area contributed by atoms with E-state index in [2.05, 4.69) is 121 Å². The monoisotopic (exact) mass is 770 g/mol. The van der Waals surface area contributed by atoms with Crippen LogP contribution in [-0.2, 0) is 0 Å². The SMILES string of the molecule is [2H]c1c([2H])c([2H])c2c(-c3cccc(-c4nc(-c5cccc(-c6cccc(-c7cccc8ccccc78)c6)c5)nc(-c5ccc6cc(-c7ccccc7)ccc6c5)n4)c3)c([2H])c([2H])c([2H])c2c1[2H]. The van der Waals surface area contributed by atoms with Gasteiger partial charge in [0.2, 0.25) is 0 Å². The molecule has 1 heterocycles. The largest absolute Gasteiger partial charge is 0.208 e. The molecule has 0 bridgehead atoms. The molecule has 0 unspecified atom stereocenters. The van der Waals surface area contributed by atoms with Crippen LogP contribution in [-0.4, -0.2) is 15.0 Å². The number of rotatable bonds is 7. The van der Waals surface area contributed by atoms with Gasteiger partial charge in [-0.25, -0.2) is 15.0 Å². The van der Waals surface area contributed by atoms with Crippen molar-refractivity contribution in [3.63, 3.8) is 0 Å². The van der Waals surface area contributed by atoms with Crippen LogP contribution in [0.5, 0.6) is 0 Å². The molecule has 60 heavy (non-hydrogen) atoms. The van der Waals surface area contributed by atoms with Crippen molar-refractivity contribution in [1.29, 1.82) is 0 Å². The first-order valence-corrected chi connectivity index (χ1v) is 19.8. The second-order valence-corrected chi connectivity index (χ2v) is 14.7. The van der Waals surface area contributed by atoms with Crippen molar-refractivity contribution in [3.8, 4) is 78.7 Å². The summed E-state index contributed by atoms with van der Waals surface area (Å²) in [5.41, 5.74) is 9.16. The van der Waals surface area contributed by atoms with Crippen LogP contribution < -0.4 is 0 Å². The van der Waals surface area contributed by atoms with Crippen LogP contribution in [0, 0.1) is 0 Å². The molecule has 0 aliphatic rings. The topological polar surface area (TPSA) is 38.7 Å². The number of aromatic nitrogens is 3. The van der Waals surface area contributed by atoms with Crippen molar-refractivity contribution < 1.29 is 9.60 Å². The van der Waals surface area contributed by atoms with E-state index in [0.29, 0.717) is 28.6 Å². The number of fused-ring (bicyclic) bond motifs is 3. The van der Waals surface area contributed by atoms with Gasteiger partial charge in [-0.3, -0.25) is 0 Å². The van der Waals surface area contributed by atoms with Gasteiger partial charge in [-0.15, -0.1) is 0 Å². The smallest absolute Gasteiger partial charge is 0.164 e. The summed E-state index contributed by atoms with van der Waals surface area (Å²) >= 11 is 0. The highest BCUT2D eigenvalue weighted by molar-refractivity contribution is 5.98. The van der Waals surface area contributed by atoms with Crippen molar-refractivity contribution in [1.82, 2.24) is 15.0 Å². The fourth-order valence-corrected chi connectivity index (χ4v) is 7.98. The minimum Gasteiger partial charge on any atom is -0.208 e. The average molecular weight is 771 g/mol. The molecule has 280 valence electrons. The Labute approximate surface area is 358 Å². The lowest BCUT2D eigenvalue weighted by atomic mass is 9.95. The third-order valence-corrected chi connectivity index (χ3v) is 11.0. The van der Waals surface area contributed by atoms with E-state index in [1.165, 1.54) is 10.8 Å². The van der Waals surface area contributed by atoms with Crippen LogP contribution in [0.15, 0.2) is 224 Å². The molecule has 0 saturated heterocycles. The van der Waals surface area contributed by atoms with E-state index in [9.17, 15) is 0 Å². The Hall–Kier alpha value is -8.01. The zero-order valence-electron chi connectivity index (χ0n) is 39.2. The van der Waals surface area contributed by atoms with Crippen LogP contribution in [0.1, 0.15) is 9.60 Å². The highest BCUT2D eigenvalue weighted by Crippen LogP contribution is 2.36. The fourth-order valence-electron chi connectivity index (χ4n) is 7.98. The predicted octanol–water partition coefficient (Wildman–Crippen LogP) is 15.0. The molecule has 3 heteroatoms. The van der Waals surface area contributed by atoms with Gasteiger partial charge < -0.3 is 0 Å². The van der Waals surface area contributed by atoms with Crippen molar-refractivity contribution in [3.05, 3.63) is 224 Å². The van der Waals surface area contributed by atoms with E-state index in [0.717, 1.165) is 55.3 Å². The molecule has 10 aromatic carbocycles. The Kier molecular flexibility index (Phi) is 7.13. The minimum absolute atomic E-state index is 0.0131. The van der Waals surface area contributed by atoms with E-state index in [1.54, 1.807) is 18.2 Å². The molecule has 11 aromatic rings. The molecule has 0 fully saturated rings. The van der Waals surface area contributed by atoms with Crippen molar-refractivity contribution >= 4 is 32.3 Å². The van der Waals surface area contributed by atoms with Gasteiger partial charge >= 0.3 is 0 Å². The van der Waals surface area contributed by atoms with Gasteiger partial charge in [0.05, 0.1) is 9.60 Å². The van der Waals surface area contributed by atoms with E-state index < -0.39 is 30.2 Å². The Morgan fingerprint density at radius 1 is 0.267 bits per heavy atom. The van der Waals surface area contributed by atoms with Crippen LogP contribution in [0.3, 0.4) is 0 Å². The number of benzene rings is 10. The summed E-state index contributed by atoms with van der Waals surface area (Å²) in [5.74, 6) is 1.21. The molecule has 0 radical (unpaired) electrons. The standard InChI is InChI=1S/C57H37N3/c1-2-13-38(14-3-1)43-29-30-45-36-50(32-31-44(45)33-43)57-59-55(58-56(60-57)49-24-10-22-47(37-49)54-28-12-18-40-16-5-7-26-52(40)54)48-23-9-20-42(35-48)41-19-8-21-46(34-41)53-27-11-17-39-15-4-6-25-51(39)53/h1-37H/i5D,7D,12D,16D,18D,26D,28D. The van der Waals surface area contributed by atoms with Crippen molar-refractivity contribution in [2.75, 3.05) is 0 Å². The van der Waals surface area contributed by atoms with Crippen LogP contribution in [0.25, 0.3) is 111 Å². The lowest BCUT2D eigenvalue weighted by molar-refractivity contribution is 1.07. The molecule has 0 N–H and O–H groups in total. The first-order chi connectivity index (χ1) is 32.6. The zero-order chi connectivity index (χ0) is 45.9. The third-order valence-electron chi connectivity index (χ3n) is 11.0. The van der Waals surface area contributed by atoms with Crippen LogP contribution in [0.2, 0.25) is 0 Å². The molecular formula is C57H37N3. The maximum atomic E-state index is 9.03. The van der Waals surface area contributed by atoms with Gasteiger partial charge in [0.15, 0.2) is 17.5 Å². The van der Waals surface area contributed by atoms with Crippen LogP contribution in [0.4, 0.5) is 0 Å². The summed E-state index contributed by atoms with van der Waals surface area (Å²) in [4.78, 5) is 15.3. The fraction of sp³-hybridized carbons (Fsp3) is 0. The van der Waals surface area contributed by atoms with Gasteiger partial charge in [-0.1, -0.05) is 194 Å². The second-order valence-electron chi connectivity index (χ2n) is 14.7. The number of hydrogen-bond acceptors (Lipinski definition) is 3. The maximum Gasteiger partial charge on any atom is 0.164 e. The Bertz CT molecular complexity index is 3790. The second kappa shape index (κ2) is 15.1. The molecule has 0 saturated carbocycles. The van der Waals surface area contributed by atoms with Crippen molar-refractivity contribution in [2.45, 2.75) is 0 Å². The van der Waals surface area contributed by atoms with Gasteiger partial charge in [0.1, 0.15) is 0 Å². The zero-order valence-corrected chi connectivity index (χ0v) is 32.2. The molecule has 0 spiro atoms. The minimum atomic E-state index is -0.500. The summed E-state index contributed by atoms with van der Waals surface area (Å²) in [7, 11) is 0. The van der Waals surface area contributed by atoms with E-state index in [-0.39, 0.29) is 28.4 Å². The Morgan fingerprint density at radius 2 is 0.750 bits per heavy atom. The van der Waals surface area contributed by atoms with Crippen molar-refractivity contribution in [2.24, 2.45) is 0 Å². The van der Waals surface area contributed by atoms with Gasteiger partial charge in [0, 0.05) is 16.7 Å². The molecule has 0 amide bonds. The lowest BCUT2D eigenvalue weighted by Crippen LogP contribution is -2.00. The lowest BCUT2D eigenvalue weighted by Gasteiger charge is -2.12. The van der Waals surface area contributed by atoms with E-state index in [1.807, 2.05) is 42.5 Å². The average Bonchev–Trinajstić information content (AvgIpc) is 3.38. The Morgan fingerprint density at radius 3 is 1.50 bits per heavy atom. The Balaban J connectivity index is 1.06. The highest BCUT2D eigenvalue weighted by Gasteiger charge is 2.16. The normalized spacial score (nSPS) is 13.0. The summed E-state index contributed by atoms with van der Waals surface area (Å²) in [5, 5.41) is 4.34. The van der Waals surface area contributed by atoms with Gasteiger partial charge in [-0.05, 0) is 107 Å². The molecule has 0 aliphatic carbocycles. The molecule has 11 rings (SSSR count). The molecule has 1 aromatic heterocycles. The van der Waals surface area contributed by atoms with Gasteiger partial charge in [-0.2, -0.15) is 0 Å². The summed E-state index contributed by atoms with van der Waals surface area (Å²) < 4.78 is 60.7. The predicted molar refractivity (Wildman–Crippen MR) is 250 cm³/mol. The summed E-state index contributed by atoms with van der Waals surface area (Å²) in [6.07, 6.45) is 0. The van der Waals surface area contributed by atoms with Gasteiger partial charge in [0.25, 0.3) is 0 Å². The quantitative estimate of drug-likeness (QED) is 0.162. The maximum absolute atomic E-state index is 9.03. The van der Waals surface area contributed by atoms with E-state index >= 15 is 0 Å². The molecule has 0 aliphatic heterocycles. The molecule has 3 nitrogen and oxygen atoms in total. The third kappa shape index (κ3) is 6.68. The van der Waals surface area contributed by atoms with Crippen LogP contribution >= 0.6 is 0 Å². The highest BCUT2D eigenvalue weighted by atomic mass is 15.0. The molecular weight excluding hydrogens is 727 g/mol. The molecule has 0 atom stereocenters. The first-order valence-electron chi connectivity index (χ1n) is 23.3. The summed E-state index contributed by atoms with van der Waals surface area (Å²) in [6, 6.07) is 58.3. The number of hydrogen-bond donors (Lipinski definition) is 0. The first kappa shape index (κ1) is 28.4.